The highest BCUT2D eigenvalue weighted by Gasteiger charge is 2.45. The number of imide groups is 2. The quantitative estimate of drug-likeness (QED) is 0.0813. The summed E-state index contributed by atoms with van der Waals surface area (Å²) in [4.78, 5) is 108. The first-order chi connectivity index (χ1) is 33.8. The van der Waals surface area contributed by atoms with Crippen molar-refractivity contribution in [3.8, 4) is 0 Å². The fraction of sp³-hybridized carbons (Fsp3) is 0.722. The molecule has 0 radical (unpaired) electrons. The minimum Gasteiger partial charge on any atom is -0.379 e. The Hall–Kier alpha value is -4.55. The summed E-state index contributed by atoms with van der Waals surface area (Å²) in [6, 6.07) is 6.61. The van der Waals surface area contributed by atoms with Gasteiger partial charge in [0.15, 0.2) is 0 Å². The Balaban J connectivity index is 1.43. The van der Waals surface area contributed by atoms with Gasteiger partial charge < -0.3 is 19.7 Å². The number of amides is 7. The summed E-state index contributed by atoms with van der Waals surface area (Å²) in [6.07, 6.45) is 8.24. The average molecular weight is 994 g/mol. The summed E-state index contributed by atoms with van der Waals surface area (Å²) in [6.45, 7) is 18.0. The zero-order chi connectivity index (χ0) is 52.5. The average Bonchev–Trinajstić information content (AvgIpc) is 3.96. The predicted octanol–water partition coefficient (Wildman–Crippen LogP) is 5.33. The number of unbranched alkanes of at least 4 members (excludes halogenated alkanes) is 3. The first-order valence-electron chi connectivity index (χ1n) is 26.2. The van der Waals surface area contributed by atoms with Crippen molar-refractivity contribution in [3.63, 3.8) is 0 Å². The number of likely N-dealkylation sites (N-methyl/N-ethyl adjacent to an activating group) is 2. The van der Waals surface area contributed by atoms with Gasteiger partial charge >= 0.3 is 0 Å². The highest BCUT2D eigenvalue weighted by molar-refractivity contribution is 6.12. The molecule has 398 valence electrons. The maximum atomic E-state index is 14.6. The van der Waals surface area contributed by atoms with Crippen molar-refractivity contribution in [1.29, 1.82) is 0 Å². The first-order valence-corrected chi connectivity index (χ1v) is 26.2. The molecule has 1 aromatic rings. The second-order valence-electron chi connectivity index (χ2n) is 20.8. The highest BCUT2D eigenvalue weighted by Crippen LogP contribution is 2.31. The molecule has 3 heterocycles. The van der Waals surface area contributed by atoms with Crippen molar-refractivity contribution in [3.05, 3.63) is 48.0 Å². The molecule has 0 bridgehead atoms. The normalized spacial score (nSPS) is 20.3. The van der Waals surface area contributed by atoms with Gasteiger partial charge in [-0.25, -0.2) is 5.06 Å². The van der Waals surface area contributed by atoms with Gasteiger partial charge in [0.1, 0.15) is 6.04 Å². The number of carbonyl (C=O) groups excluding carboxylic acids is 7. The summed E-state index contributed by atoms with van der Waals surface area (Å²) in [5.74, 6) is -3.55. The molecule has 1 aromatic carbocycles. The van der Waals surface area contributed by atoms with Crippen LogP contribution in [0, 0.1) is 23.7 Å². The van der Waals surface area contributed by atoms with Gasteiger partial charge in [-0.15, -0.1) is 0 Å². The largest absolute Gasteiger partial charge is 0.379 e. The number of hydrogen-bond acceptors (Lipinski definition) is 12. The number of nitrogens with one attached hydrogen (secondary N) is 2. The van der Waals surface area contributed by atoms with Gasteiger partial charge in [-0.3, -0.25) is 58.4 Å². The number of methoxy groups -OCH3 is 2. The zero-order valence-corrected chi connectivity index (χ0v) is 44.9. The summed E-state index contributed by atoms with van der Waals surface area (Å²) < 4.78 is 12.3. The van der Waals surface area contributed by atoms with Gasteiger partial charge in [0, 0.05) is 58.0 Å². The number of hydrogen-bond donors (Lipinski definition) is 2. The number of nitrogens with zero attached hydrogens (tertiary/aromatic N) is 5. The lowest BCUT2D eigenvalue weighted by Gasteiger charge is -2.43. The Morgan fingerprint density at radius 1 is 0.789 bits per heavy atom. The molecule has 0 unspecified atom stereocenters. The molecule has 0 aromatic heterocycles. The monoisotopic (exact) mass is 994 g/mol. The van der Waals surface area contributed by atoms with E-state index in [9.17, 15) is 33.6 Å². The summed E-state index contributed by atoms with van der Waals surface area (Å²) >= 11 is 0. The van der Waals surface area contributed by atoms with E-state index < -0.39 is 54.2 Å². The van der Waals surface area contributed by atoms with Gasteiger partial charge in [0.05, 0.1) is 49.3 Å². The number of benzene rings is 1. The third-order valence-corrected chi connectivity index (χ3v) is 15.1. The molecule has 3 aliphatic heterocycles. The molecule has 0 aliphatic carbocycles. The molecule has 2 fully saturated rings. The fourth-order valence-corrected chi connectivity index (χ4v) is 11.0. The standard InChI is InChI=1S/C54H87N7O10/c1-13-37(6)49(58(10)48(36(4)5)53(67)56-52(66)47(35(2)3)57(9)29-19-14-15-20-30-60-43(62)27-28-44(60)63)42(69-11)34-45(64)59-31-23-26-41(59)50(70-12)39(8)51(65)55-46(38(7)40-24-17-16-18-25-40)54(68)61-32-21-22-33-71-61/h16-18,24-25,27-28,35-39,41-42,46-50H,13-15,19-23,26,29-34H2,1-12H3,(H,55,65)(H,56,66,67)/t37-,38-,39+,41-,42+,46-,47-,48-,49-,50+/m0/s1. The van der Waals surface area contributed by atoms with Gasteiger partial charge in [0.2, 0.25) is 23.6 Å². The van der Waals surface area contributed by atoms with Gasteiger partial charge in [-0.2, -0.15) is 0 Å². The van der Waals surface area contributed by atoms with E-state index in [0.717, 1.165) is 50.5 Å². The van der Waals surface area contributed by atoms with E-state index in [-0.39, 0.29) is 65.5 Å². The van der Waals surface area contributed by atoms with Crippen LogP contribution in [0.4, 0.5) is 0 Å². The van der Waals surface area contributed by atoms with Gasteiger partial charge in [0.25, 0.3) is 17.7 Å². The maximum absolute atomic E-state index is 14.6. The van der Waals surface area contributed by atoms with Crippen LogP contribution in [-0.2, 0) is 47.9 Å². The van der Waals surface area contributed by atoms with Crippen LogP contribution in [0.5, 0.6) is 0 Å². The first kappa shape index (κ1) is 59.0. The van der Waals surface area contributed by atoms with E-state index in [4.69, 9.17) is 14.3 Å². The molecule has 17 heteroatoms. The molecular weight excluding hydrogens is 907 g/mol. The van der Waals surface area contributed by atoms with Crippen molar-refractivity contribution in [2.75, 3.05) is 61.1 Å². The number of rotatable bonds is 28. The van der Waals surface area contributed by atoms with Crippen LogP contribution in [0.15, 0.2) is 42.5 Å². The Kier molecular flexibility index (Phi) is 23.8. The van der Waals surface area contributed by atoms with Crippen LogP contribution in [-0.4, -0.2) is 170 Å². The number of hydroxylamine groups is 2. The molecule has 4 rings (SSSR count). The van der Waals surface area contributed by atoms with E-state index in [1.807, 2.05) is 88.8 Å². The smallest absolute Gasteiger partial charge is 0.269 e. The molecule has 7 amide bonds. The topological polar surface area (TPSA) is 187 Å². The van der Waals surface area contributed by atoms with Gasteiger partial charge in [-0.05, 0) is 82.5 Å². The van der Waals surface area contributed by atoms with Crippen LogP contribution >= 0.6 is 0 Å². The minimum atomic E-state index is -0.894. The molecule has 0 spiro atoms. The van der Waals surface area contributed by atoms with Crippen molar-refractivity contribution in [2.24, 2.45) is 23.7 Å². The van der Waals surface area contributed by atoms with Gasteiger partial charge in [-0.1, -0.05) is 105 Å². The van der Waals surface area contributed by atoms with E-state index in [1.54, 1.807) is 26.0 Å². The molecule has 0 saturated carbocycles. The Morgan fingerprint density at radius 2 is 1.42 bits per heavy atom. The van der Waals surface area contributed by atoms with Crippen LogP contribution in [0.2, 0.25) is 0 Å². The minimum absolute atomic E-state index is 0.0147. The van der Waals surface area contributed by atoms with E-state index >= 15 is 0 Å². The molecular formula is C54H87N7O10. The fourth-order valence-electron chi connectivity index (χ4n) is 11.0. The Morgan fingerprint density at radius 3 is 2.00 bits per heavy atom. The third kappa shape index (κ3) is 15.7. The van der Waals surface area contributed by atoms with Crippen LogP contribution in [0.1, 0.15) is 131 Å². The van der Waals surface area contributed by atoms with Crippen LogP contribution in [0.3, 0.4) is 0 Å². The molecule has 2 N–H and O–H groups in total. The van der Waals surface area contributed by atoms with E-state index in [2.05, 4.69) is 24.5 Å². The third-order valence-electron chi connectivity index (χ3n) is 15.1. The van der Waals surface area contributed by atoms with E-state index in [0.29, 0.717) is 45.6 Å². The maximum Gasteiger partial charge on any atom is 0.269 e. The molecule has 3 aliphatic rings. The summed E-state index contributed by atoms with van der Waals surface area (Å²) in [7, 11) is 6.89. The SMILES string of the molecule is CC[C@H](C)[C@@H]([C@@H](CC(=O)N1CCC[C@H]1[C@H](OC)[C@@H](C)C(=O)N[C@H](C(=O)N1CCCCO1)[C@@H](C)c1ccccc1)OC)N(C)[C@H](C(=O)NC(=O)[C@H](C(C)C)N(C)CCCCCCN1C(=O)C=CC1=O)C(C)C. The second kappa shape index (κ2) is 28.6. The number of ether oxygens (including phenoxy) is 2. The Bertz CT molecular complexity index is 1920. The van der Waals surface area contributed by atoms with Crippen LogP contribution in [0.25, 0.3) is 0 Å². The summed E-state index contributed by atoms with van der Waals surface area (Å²) in [5.41, 5.74) is 0.904. The molecule has 10 atom stereocenters. The predicted molar refractivity (Wildman–Crippen MR) is 272 cm³/mol. The van der Waals surface area contributed by atoms with Crippen molar-refractivity contribution >= 4 is 41.4 Å². The molecule has 2 saturated heterocycles. The number of likely N-dealkylation sites (tertiary alicyclic amines) is 1. The van der Waals surface area contributed by atoms with Crippen molar-refractivity contribution in [1.82, 2.24) is 35.3 Å². The molecule has 71 heavy (non-hydrogen) atoms. The van der Waals surface area contributed by atoms with Crippen LogP contribution < -0.4 is 10.6 Å². The second-order valence-corrected chi connectivity index (χ2v) is 20.8. The number of carbonyl (C=O) groups is 7. The lowest BCUT2D eigenvalue weighted by atomic mass is 9.87. The zero-order valence-electron chi connectivity index (χ0n) is 44.9. The molecule has 17 nitrogen and oxygen atoms in total. The Labute approximate surface area is 424 Å². The van der Waals surface area contributed by atoms with E-state index in [1.165, 1.54) is 22.1 Å². The van der Waals surface area contributed by atoms with Crippen molar-refractivity contribution < 1.29 is 47.9 Å². The highest BCUT2D eigenvalue weighted by atomic mass is 16.7. The lowest BCUT2D eigenvalue weighted by molar-refractivity contribution is -0.200. The lowest BCUT2D eigenvalue weighted by Crippen LogP contribution is -2.60. The summed E-state index contributed by atoms with van der Waals surface area (Å²) in [5, 5.41) is 7.22. The van der Waals surface area contributed by atoms with Crippen molar-refractivity contribution in [2.45, 2.75) is 168 Å².